The predicted octanol–water partition coefficient (Wildman–Crippen LogP) is -0.0822. The summed E-state index contributed by atoms with van der Waals surface area (Å²) >= 11 is 0. The van der Waals surface area contributed by atoms with Crippen molar-refractivity contribution in [1.82, 2.24) is 4.90 Å². The van der Waals surface area contributed by atoms with E-state index in [1.54, 1.807) is 4.90 Å². The molecule has 0 radical (unpaired) electrons. The summed E-state index contributed by atoms with van der Waals surface area (Å²) in [4.78, 5) is 13.4. The van der Waals surface area contributed by atoms with E-state index >= 15 is 0 Å². The minimum atomic E-state index is -0.565. The standard InChI is InChI=1S/C9H21N3O/c1-6(2)12(7(3)4)9(13)8(11)5-10/h6-8H,5,10-11H2,1-4H3. The molecule has 0 aromatic rings. The van der Waals surface area contributed by atoms with Gasteiger partial charge in [-0.1, -0.05) is 0 Å². The van der Waals surface area contributed by atoms with Crippen LogP contribution in [0.1, 0.15) is 27.7 Å². The van der Waals surface area contributed by atoms with E-state index in [-0.39, 0.29) is 24.5 Å². The number of hydrogen-bond donors (Lipinski definition) is 2. The van der Waals surface area contributed by atoms with Crippen molar-refractivity contribution >= 4 is 5.91 Å². The number of amides is 1. The van der Waals surface area contributed by atoms with Crippen molar-refractivity contribution < 1.29 is 4.79 Å². The lowest BCUT2D eigenvalue weighted by atomic mass is 10.1. The molecule has 1 amide bonds. The molecule has 4 heteroatoms. The summed E-state index contributed by atoms with van der Waals surface area (Å²) in [6.07, 6.45) is 0. The molecule has 0 saturated heterocycles. The first-order valence-electron chi connectivity index (χ1n) is 4.69. The van der Waals surface area contributed by atoms with E-state index in [9.17, 15) is 4.79 Å². The maximum atomic E-state index is 11.7. The van der Waals surface area contributed by atoms with E-state index < -0.39 is 6.04 Å². The van der Waals surface area contributed by atoms with Gasteiger partial charge in [0.1, 0.15) is 0 Å². The minimum Gasteiger partial charge on any atom is -0.336 e. The predicted molar refractivity (Wildman–Crippen MR) is 54.1 cm³/mol. The maximum Gasteiger partial charge on any atom is 0.241 e. The van der Waals surface area contributed by atoms with Crippen LogP contribution in [0, 0.1) is 0 Å². The summed E-state index contributed by atoms with van der Waals surface area (Å²) in [5.41, 5.74) is 10.9. The fourth-order valence-corrected chi connectivity index (χ4v) is 1.40. The average molecular weight is 187 g/mol. The Morgan fingerprint density at radius 1 is 1.23 bits per heavy atom. The van der Waals surface area contributed by atoms with Crippen LogP contribution in [-0.2, 0) is 4.79 Å². The molecule has 4 nitrogen and oxygen atoms in total. The Bertz CT molecular complexity index is 160. The Labute approximate surface area is 80.3 Å². The van der Waals surface area contributed by atoms with Crippen molar-refractivity contribution in [2.24, 2.45) is 11.5 Å². The second-order valence-corrected chi connectivity index (χ2v) is 3.78. The Kier molecular flexibility index (Phi) is 4.95. The van der Waals surface area contributed by atoms with Gasteiger partial charge in [0.25, 0.3) is 0 Å². The Hall–Kier alpha value is -0.610. The molecule has 0 aromatic carbocycles. The van der Waals surface area contributed by atoms with Crippen LogP contribution in [0.5, 0.6) is 0 Å². The highest BCUT2D eigenvalue weighted by molar-refractivity contribution is 5.82. The largest absolute Gasteiger partial charge is 0.336 e. The van der Waals surface area contributed by atoms with Crippen LogP contribution in [0.3, 0.4) is 0 Å². The molecule has 78 valence electrons. The van der Waals surface area contributed by atoms with Crippen molar-refractivity contribution in [2.75, 3.05) is 6.54 Å². The van der Waals surface area contributed by atoms with E-state index in [0.29, 0.717) is 0 Å². The monoisotopic (exact) mass is 187 g/mol. The molecule has 0 aliphatic carbocycles. The van der Waals surface area contributed by atoms with Crippen molar-refractivity contribution in [3.05, 3.63) is 0 Å². The summed E-state index contributed by atoms with van der Waals surface area (Å²) in [7, 11) is 0. The third-order valence-electron chi connectivity index (χ3n) is 1.94. The third kappa shape index (κ3) is 3.32. The number of nitrogens with zero attached hydrogens (tertiary/aromatic N) is 1. The normalized spacial score (nSPS) is 13.5. The Balaban J connectivity index is 4.46. The van der Waals surface area contributed by atoms with Gasteiger partial charge in [0.15, 0.2) is 0 Å². The van der Waals surface area contributed by atoms with Crippen LogP contribution in [0.25, 0.3) is 0 Å². The topological polar surface area (TPSA) is 72.3 Å². The minimum absolute atomic E-state index is 0.0625. The number of hydrogen-bond acceptors (Lipinski definition) is 3. The zero-order chi connectivity index (χ0) is 10.6. The Morgan fingerprint density at radius 2 is 1.62 bits per heavy atom. The van der Waals surface area contributed by atoms with Gasteiger partial charge in [0.2, 0.25) is 5.91 Å². The second-order valence-electron chi connectivity index (χ2n) is 3.78. The summed E-state index contributed by atoms with van der Waals surface area (Å²) in [6.45, 7) is 8.10. The van der Waals surface area contributed by atoms with E-state index in [0.717, 1.165) is 0 Å². The smallest absolute Gasteiger partial charge is 0.241 e. The lowest BCUT2D eigenvalue weighted by molar-refractivity contribution is -0.135. The zero-order valence-corrected chi connectivity index (χ0v) is 8.95. The molecule has 4 N–H and O–H groups in total. The molecular weight excluding hydrogens is 166 g/mol. The Morgan fingerprint density at radius 3 is 1.85 bits per heavy atom. The number of nitrogens with two attached hydrogens (primary N) is 2. The van der Waals surface area contributed by atoms with Gasteiger partial charge >= 0.3 is 0 Å². The number of rotatable bonds is 4. The highest BCUT2D eigenvalue weighted by atomic mass is 16.2. The summed E-state index contributed by atoms with van der Waals surface area (Å²) in [5.74, 6) is -0.0625. The fourth-order valence-electron chi connectivity index (χ4n) is 1.40. The molecule has 0 aromatic heterocycles. The fraction of sp³-hybridized carbons (Fsp3) is 0.889. The van der Waals surface area contributed by atoms with E-state index in [1.807, 2.05) is 27.7 Å². The molecule has 1 atom stereocenters. The molecule has 0 heterocycles. The van der Waals surface area contributed by atoms with E-state index in [4.69, 9.17) is 11.5 Å². The summed E-state index contributed by atoms with van der Waals surface area (Å²) in [6, 6.07) is -0.222. The van der Waals surface area contributed by atoms with Gasteiger partial charge in [-0.15, -0.1) is 0 Å². The van der Waals surface area contributed by atoms with E-state index in [2.05, 4.69) is 0 Å². The number of carbonyl (C=O) groups is 1. The molecule has 13 heavy (non-hydrogen) atoms. The molecule has 0 spiro atoms. The molecule has 0 aliphatic heterocycles. The maximum absolute atomic E-state index is 11.7. The molecule has 0 aliphatic rings. The van der Waals surface area contributed by atoms with Crippen LogP contribution in [0.2, 0.25) is 0 Å². The van der Waals surface area contributed by atoms with Crippen LogP contribution in [-0.4, -0.2) is 35.5 Å². The SMILES string of the molecule is CC(C)N(C(=O)C(N)CN)C(C)C. The van der Waals surface area contributed by atoms with Gasteiger partial charge in [-0.3, -0.25) is 4.79 Å². The van der Waals surface area contributed by atoms with Crippen LogP contribution < -0.4 is 11.5 Å². The second kappa shape index (κ2) is 5.19. The van der Waals surface area contributed by atoms with Gasteiger partial charge in [0.05, 0.1) is 6.04 Å². The molecule has 0 fully saturated rings. The summed E-state index contributed by atoms with van der Waals surface area (Å²) < 4.78 is 0. The average Bonchev–Trinajstić information content (AvgIpc) is 2.01. The molecule has 0 bridgehead atoms. The highest BCUT2D eigenvalue weighted by Gasteiger charge is 2.24. The quantitative estimate of drug-likeness (QED) is 0.646. The highest BCUT2D eigenvalue weighted by Crippen LogP contribution is 2.06. The van der Waals surface area contributed by atoms with Crippen molar-refractivity contribution in [3.63, 3.8) is 0 Å². The van der Waals surface area contributed by atoms with Crippen LogP contribution in [0.4, 0.5) is 0 Å². The van der Waals surface area contributed by atoms with Gasteiger partial charge in [-0.25, -0.2) is 0 Å². The molecule has 0 saturated carbocycles. The van der Waals surface area contributed by atoms with Crippen molar-refractivity contribution in [1.29, 1.82) is 0 Å². The zero-order valence-electron chi connectivity index (χ0n) is 8.95. The number of carbonyl (C=O) groups excluding carboxylic acids is 1. The molecular formula is C9H21N3O. The van der Waals surface area contributed by atoms with Crippen LogP contribution in [0.15, 0.2) is 0 Å². The molecule has 1 unspecified atom stereocenters. The third-order valence-corrected chi connectivity index (χ3v) is 1.94. The first kappa shape index (κ1) is 12.4. The first-order valence-corrected chi connectivity index (χ1v) is 4.69. The van der Waals surface area contributed by atoms with Crippen molar-refractivity contribution in [3.8, 4) is 0 Å². The lowest BCUT2D eigenvalue weighted by Crippen LogP contribution is -2.52. The molecule has 0 rings (SSSR count). The van der Waals surface area contributed by atoms with Crippen LogP contribution >= 0.6 is 0 Å². The first-order chi connectivity index (χ1) is 5.91. The van der Waals surface area contributed by atoms with Gasteiger partial charge < -0.3 is 16.4 Å². The van der Waals surface area contributed by atoms with E-state index in [1.165, 1.54) is 0 Å². The van der Waals surface area contributed by atoms with Gasteiger partial charge in [-0.05, 0) is 27.7 Å². The van der Waals surface area contributed by atoms with Gasteiger partial charge in [0, 0.05) is 18.6 Å². The van der Waals surface area contributed by atoms with Crippen molar-refractivity contribution in [2.45, 2.75) is 45.8 Å². The lowest BCUT2D eigenvalue weighted by Gasteiger charge is -2.32. The van der Waals surface area contributed by atoms with Gasteiger partial charge in [-0.2, -0.15) is 0 Å². The summed E-state index contributed by atoms with van der Waals surface area (Å²) in [5, 5.41) is 0.